The lowest BCUT2D eigenvalue weighted by Gasteiger charge is -2.29. The molecule has 122 valence electrons. The molecule has 1 aliphatic carbocycles. The van der Waals surface area contributed by atoms with Crippen LogP contribution in [0.2, 0.25) is 0 Å². The molecule has 22 heavy (non-hydrogen) atoms. The van der Waals surface area contributed by atoms with E-state index in [4.69, 9.17) is 4.74 Å². The van der Waals surface area contributed by atoms with E-state index in [0.717, 1.165) is 25.0 Å². The first kappa shape index (κ1) is 16.9. The van der Waals surface area contributed by atoms with Crippen molar-refractivity contribution in [3.05, 3.63) is 29.3 Å². The summed E-state index contributed by atoms with van der Waals surface area (Å²) in [5.74, 6) is 1.73. The molecule has 0 spiro atoms. The van der Waals surface area contributed by atoms with Gasteiger partial charge in [-0.05, 0) is 61.8 Å². The van der Waals surface area contributed by atoms with Crippen LogP contribution in [0, 0.1) is 12.8 Å². The fourth-order valence-electron chi connectivity index (χ4n) is 3.32. The van der Waals surface area contributed by atoms with Gasteiger partial charge in [0.05, 0.1) is 7.11 Å². The maximum absolute atomic E-state index is 12.1. The molecular weight excluding hydrogens is 274 g/mol. The molecular formula is C19H29NO2. The lowest BCUT2D eigenvalue weighted by Crippen LogP contribution is -2.40. The van der Waals surface area contributed by atoms with E-state index in [1.165, 1.54) is 30.4 Å². The summed E-state index contributed by atoms with van der Waals surface area (Å²) < 4.78 is 5.22. The van der Waals surface area contributed by atoms with Crippen LogP contribution >= 0.6 is 0 Å². The quantitative estimate of drug-likeness (QED) is 0.862. The highest BCUT2D eigenvalue weighted by Crippen LogP contribution is 2.24. The molecule has 0 bridgehead atoms. The summed E-state index contributed by atoms with van der Waals surface area (Å²) in [6, 6.07) is 6.55. The Kier molecular flexibility index (Phi) is 6.29. The molecule has 1 amide bonds. The molecule has 3 heteroatoms. The van der Waals surface area contributed by atoms with Gasteiger partial charge in [-0.15, -0.1) is 0 Å². The van der Waals surface area contributed by atoms with Crippen molar-refractivity contribution in [1.29, 1.82) is 0 Å². The van der Waals surface area contributed by atoms with Gasteiger partial charge >= 0.3 is 0 Å². The highest BCUT2D eigenvalue weighted by Gasteiger charge is 2.22. The number of benzene rings is 1. The molecule has 1 N–H and O–H groups in total. The topological polar surface area (TPSA) is 38.3 Å². The molecule has 1 aromatic carbocycles. The van der Waals surface area contributed by atoms with Gasteiger partial charge in [0.1, 0.15) is 5.75 Å². The third-order valence-corrected chi connectivity index (χ3v) is 4.86. The van der Waals surface area contributed by atoms with Crippen molar-refractivity contribution in [2.75, 3.05) is 7.11 Å². The maximum atomic E-state index is 12.1. The Morgan fingerprint density at radius 1 is 1.32 bits per heavy atom. The number of rotatable bonds is 6. The minimum absolute atomic E-state index is 0.213. The van der Waals surface area contributed by atoms with Crippen LogP contribution in [0.25, 0.3) is 0 Å². The zero-order valence-electron chi connectivity index (χ0n) is 14.2. The van der Waals surface area contributed by atoms with Gasteiger partial charge in [0.25, 0.3) is 0 Å². The maximum Gasteiger partial charge on any atom is 0.220 e. The third kappa shape index (κ3) is 4.75. The summed E-state index contributed by atoms with van der Waals surface area (Å²) >= 11 is 0. The highest BCUT2D eigenvalue weighted by atomic mass is 16.5. The summed E-state index contributed by atoms with van der Waals surface area (Å²) in [5.41, 5.74) is 2.54. The molecule has 0 radical (unpaired) electrons. The van der Waals surface area contributed by atoms with Gasteiger partial charge in [0.15, 0.2) is 0 Å². The molecule has 0 unspecified atom stereocenters. The molecule has 1 fully saturated rings. The number of carbonyl (C=O) groups excluding carboxylic acids is 1. The smallest absolute Gasteiger partial charge is 0.220 e. The van der Waals surface area contributed by atoms with Gasteiger partial charge in [-0.2, -0.15) is 0 Å². The van der Waals surface area contributed by atoms with E-state index in [1.807, 2.05) is 6.07 Å². The fraction of sp³-hybridized carbons (Fsp3) is 0.632. The number of nitrogens with one attached hydrogen (secondary N) is 1. The van der Waals surface area contributed by atoms with E-state index in [2.05, 4.69) is 31.3 Å². The summed E-state index contributed by atoms with van der Waals surface area (Å²) in [7, 11) is 1.69. The predicted molar refractivity (Wildman–Crippen MR) is 90.2 cm³/mol. The monoisotopic (exact) mass is 303 g/mol. The van der Waals surface area contributed by atoms with Crippen LogP contribution < -0.4 is 10.1 Å². The average Bonchev–Trinajstić information content (AvgIpc) is 2.51. The summed E-state index contributed by atoms with van der Waals surface area (Å²) in [5, 5.41) is 3.23. The second-order valence-corrected chi connectivity index (χ2v) is 6.58. The van der Waals surface area contributed by atoms with Gasteiger partial charge in [-0.1, -0.05) is 25.8 Å². The molecule has 2 rings (SSSR count). The van der Waals surface area contributed by atoms with Crippen LogP contribution in [0.4, 0.5) is 0 Å². The Bertz CT molecular complexity index is 498. The minimum atomic E-state index is 0.213. The Hall–Kier alpha value is -1.51. The van der Waals surface area contributed by atoms with Gasteiger partial charge in [0.2, 0.25) is 5.91 Å². The normalized spacial score (nSPS) is 21.4. The zero-order valence-corrected chi connectivity index (χ0v) is 14.2. The molecule has 1 aliphatic rings. The number of aryl methyl sites for hydroxylation is 2. The van der Waals surface area contributed by atoms with Crippen LogP contribution in [0.1, 0.15) is 56.6 Å². The van der Waals surface area contributed by atoms with Gasteiger partial charge in [-0.25, -0.2) is 0 Å². The van der Waals surface area contributed by atoms with E-state index >= 15 is 0 Å². The predicted octanol–water partition coefficient (Wildman–Crippen LogP) is 4.02. The summed E-state index contributed by atoms with van der Waals surface area (Å²) in [6.45, 7) is 4.35. The lowest BCUT2D eigenvalue weighted by atomic mass is 9.86. The first-order valence-electron chi connectivity index (χ1n) is 8.53. The van der Waals surface area contributed by atoms with E-state index in [9.17, 15) is 4.79 Å². The van der Waals surface area contributed by atoms with Crippen LogP contribution in [0.5, 0.6) is 5.75 Å². The number of amides is 1. The van der Waals surface area contributed by atoms with Crippen molar-refractivity contribution in [2.24, 2.45) is 5.92 Å². The number of hydrogen-bond donors (Lipinski definition) is 1. The van der Waals surface area contributed by atoms with Crippen molar-refractivity contribution in [2.45, 2.75) is 64.8 Å². The Labute approximate surface area is 134 Å². The highest BCUT2D eigenvalue weighted by molar-refractivity contribution is 5.76. The van der Waals surface area contributed by atoms with E-state index in [0.29, 0.717) is 18.4 Å². The number of hydrogen-bond acceptors (Lipinski definition) is 2. The van der Waals surface area contributed by atoms with E-state index in [1.54, 1.807) is 7.11 Å². The van der Waals surface area contributed by atoms with Crippen molar-refractivity contribution in [1.82, 2.24) is 5.32 Å². The number of ether oxygens (including phenoxy) is 1. The fourth-order valence-corrected chi connectivity index (χ4v) is 3.32. The second-order valence-electron chi connectivity index (χ2n) is 6.58. The number of carbonyl (C=O) groups is 1. The molecule has 0 aliphatic heterocycles. The molecule has 2 atom stereocenters. The van der Waals surface area contributed by atoms with E-state index < -0.39 is 0 Å². The van der Waals surface area contributed by atoms with Crippen LogP contribution in [0.15, 0.2) is 18.2 Å². The van der Waals surface area contributed by atoms with Crippen molar-refractivity contribution < 1.29 is 9.53 Å². The SMILES string of the molecule is COc1ccc(CCCC(=O)N[C@H]2CCCC[C@H]2C)c(C)c1. The first-order valence-corrected chi connectivity index (χ1v) is 8.53. The number of methoxy groups -OCH3 is 1. The Morgan fingerprint density at radius 2 is 2.09 bits per heavy atom. The summed E-state index contributed by atoms with van der Waals surface area (Å²) in [6.07, 6.45) is 7.42. The molecule has 1 saturated carbocycles. The van der Waals surface area contributed by atoms with Crippen molar-refractivity contribution in [3.8, 4) is 5.75 Å². The van der Waals surface area contributed by atoms with E-state index in [-0.39, 0.29) is 5.91 Å². The second kappa shape index (κ2) is 8.21. The largest absolute Gasteiger partial charge is 0.497 e. The third-order valence-electron chi connectivity index (χ3n) is 4.86. The molecule has 3 nitrogen and oxygen atoms in total. The lowest BCUT2D eigenvalue weighted by molar-refractivity contribution is -0.122. The average molecular weight is 303 g/mol. The van der Waals surface area contributed by atoms with Gasteiger partial charge in [-0.3, -0.25) is 4.79 Å². The molecule has 0 saturated heterocycles. The van der Waals surface area contributed by atoms with Crippen molar-refractivity contribution in [3.63, 3.8) is 0 Å². The minimum Gasteiger partial charge on any atom is -0.497 e. The standard InChI is InChI=1S/C19H29NO2/c1-14-7-4-5-9-18(14)20-19(21)10-6-8-16-11-12-17(22-3)13-15(16)2/h11-14,18H,4-10H2,1-3H3,(H,20,21)/t14-,18+/m1/s1. The van der Waals surface area contributed by atoms with Crippen LogP contribution in [0.3, 0.4) is 0 Å². The Morgan fingerprint density at radius 3 is 2.77 bits per heavy atom. The molecule has 1 aromatic rings. The molecule has 0 heterocycles. The van der Waals surface area contributed by atoms with Crippen molar-refractivity contribution >= 4 is 5.91 Å². The Balaban J connectivity index is 1.74. The van der Waals surface area contributed by atoms with Gasteiger partial charge in [0, 0.05) is 12.5 Å². The molecule has 0 aromatic heterocycles. The zero-order chi connectivity index (χ0) is 15.9. The first-order chi connectivity index (χ1) is 10.6. The van der Waals surface area contributed by atoms with Crippen LogP contribution in [-0.4, -0.2) is 19.1 Å². The van der Waals surface area contributed by atoms with Gasteiger partial charge < -0.3 is 10.1 Å². The van der Waals surface area contributed by atoms with Crippen LogP contribution in [-0.2, 0) is 11.2 Å². The summed E-state index contributed by atoms with van der Waals surface area (Å²) in [4.78, 5) is 12.1.